The fourth-order valence-corrected chi connectivity index (χ4v) is 15.3. The van der Waals surface area contributed by atoms with Gasteiger partial charge in [0.15, 0.2) is 5.72 Å². The molecule has 2 aromatic rings. The Morgan fingerprint density at radius 3 is 2.69 bits per heavy atom. The number of anilines is 2. The zero-order chi connectivity index (χ0) is 35.4. The molecule has 10 heteroatoms. The predicted octanol–water partition coefficient (Wildman–Crippen LogP) is 4.37. The first-order valence-corrected chi connectivity index (χ1v) is 19.4. The van der Waals surface area contributed by atoms with Crippen LogP contribution < -0.4 is 10.6 Å². The number of methoxy groups -OCH3 is 2. The topological polar surface area (TPSA) is 116 Å². The number of esters is 2. The van der Waals surface area contributed by atoms with Gasteiger partial charge in [-0.2, -0.15) is 0 Å². The number of carbonyl (C=O) groups excluding carboxylic acids is 2. The van der Waals surface area contributed by atoms with Crippen molar-refractivity contribution < 1.29 is 28.9 Å². The third kappa shape index (κ3) is 2.80. The van der Waals surface area contributed by atoms with Crippen molar-refractivity contribution in [2.75, 3.05) is 44.5 Å². The number of carbonyl (C=O) groups is 2. The van der Waals surface area contributed by atoms with Gasteiger partial charge in [0, 0.05) is 64.4 Å². The van der Waals surface area contributed by atoms with Crippen LogP contribution in [0.1, 0.15) is 68.7 Å². The minimum absolute atomic E-state index is 0.00332. The first-order valence-electron chi connectivity index (χ1n) is 19.4. The zero-order valence-corrected chi connectivity index (χ0v) is 30.2. The molecule has 7 aliphatic heterocycles. The maximum absolute atomic E-state index is 14.4. The summed E-state index contributed by atoms with van der Waals surface area (Å²) >= 11 is 0. The minimum atomic E-state index is -1.44. The van der Waals surface area contributed by atoms with Crippen molar-refractivity contribution in [2.45, 2.75) is 92.8 Å². The molecule has 270 valence electrons. The number of epoxide rings is 1. The van der Waals surface area contributed by atoms with E-state index in [1.807, 2.05) is 0 Å². The normalized spacial score (nSPS) is 47.4. The Labute approximate surface area is 303 Å². The summed E-state index contributed by atoms with van der Waals surface area (Å²) in [7, 11) is 2.97. The van der Waals surface area contributed by atoms with Gasteiger partial charge in [-0.25, -0.2) is 4.79 Å². The fourth-order valence-electron chi connectivity index (χ4n) is 15.3. The molecule has 2 bridgehead atoms. The van der Waals surface area contributed by atoms with Crippen molar-refractivity contribution in [3.05, 3.63) is 82.6 Å². The number of para-hydroxylation sites is 1. The molecule has 52 heavy (non-hydrogen) atoms. The Morgan fingerprint density at radius 1 is 1.04 bits per heavy atom. The highest BCUT2D eigenvalue weighted by Gasteiger charge is 2.91. The van der Waals surface area contributed by atoms with Crippen LogP contribution in [0.3, 0.4) is 0 Å². The predicted molar refractivity (Wildman–Crippen MR) is 191 cm³/mol. The molecule has 0 unspecified atom stereocenters. The number of nitrogens with zero attached hydrogens (tertiary/aromatic N) is 2. The number of hydrogen-bond acceptors (Lipinski definition) is 10. The highest BCUT2D eigenvalue weighted by molar-refractivity contribution is 5.93. The quantitative estimate of drug-likeness (QED) is 0.241. The van der Waals surface area contributed by atoms with Gasteiger partial charge in [-0.1, -0.05) is 56.3 Å². The Bertz CT molecular complexity index is 2120. The van der Waals surface area contributed by atoms with Crippen LogP contribution in [-0.4, -0.2) is 90.7 Å². The zero-order valence-electron chi connectivity index (χ0n) is 30.2. The molecule has 3 aliphatic carbocycles. The van der Waals surface area contributed by atoms with E-state index in [1.54, 1.807) is 0 Å². The van der Waals surface area contributed by atoms with Gasteiger partial charge in [0.2, 0.25) is 0 Å². The Balaban J connectivity index is 1.05. The molecule has 3 N–H and O–H groups in total. The van der Waals surface area contributed by atoms with E-state index in [4.69, 9.17) is 14.2 Å². The number of piperidine rings is 1. The van der Waals surface area contributed by atoms with Gasteiger partial charge in [0.05, 0.1) is 37.4 Å². The second-order valence-electron chi connectivity index (χ2n) is 17.7. The van der Waals surface area contributed by atoms with Gasteiger partial charge < -0.3 is 30.0 Å². The molecule has 12 atom stereocenters. The van der Waals surface area contributed by atoms with Crippen LogP contribution in [0.2, 0.25) is 0 Å². The van der Waals surface area contributed by atoms with Crippen LogP contribution in [0.5, 0.6) is 0 Å². The van der Waals surface area contributed by atoms with Gasteiger partial charge >= 0.3 is 11.9 Å². The van der Waals surface area contributed by atoms with Crippen LogP contribution in [0, 0.1) is 22.2 Å². The molecular weight excluding hydrogens is 656 g/mol. The fraction of sp³-hybridized carbons (Fsp3) is 0.571. The van der Waals surface area contributed by atoms with Gasteiger partial charge in [-0.3, -0.25) is 14.6 Å². The maximum Gasteiger partial charge on any atom is 0.335 e. The maximum atomic E-state index is 14.4. The first kappa shape index (κ1) is 30.7. The molecule has 10 aliphatic rings. The van der Waals surface area contributed by atoms with E-state index >= 15 is 0 Å². The summed E-state index contributed by atoms with van der Waals surface area (Å²) in [5.41, 5.74) is 3.24. The molecule has 0 aromatic heterocycles. The summed E-state index contributed by atoms with van der Waals surface area (Å²) in [5.74, 6) is -0.740. The van der Waals surface area contributed by atoms with E-state index in [0.717, 1.165) is 67.1 Å². The highest BCUT2D eigenvalue weighted by atomic mass is 16.6. The number of aliphatic hydroxyl groups is 1. The van der Waals surface area contributed by atoms with Crippen LogP contribution in [0.4, 0.5) is 11.4 Å². The molecule has 0 amide bonds. The number of fused-ring (bicyclic) bond motifs is 4. The molecule has 0 radical (unpaired) electrons. The largest absolute Gasteiger partial charge is 0.468 e. The SMILES string of the molecule is CC[C@]12CC(C(=O)OC)=C3Nc4ccccc4[C@]34CCN([C@H](c3ccc5c(c3)[C@@]36CCN7CC=C[C@@]8(C[C@]3(C(=O)OC)[C@@](O)(N5)[C@@H]8C)[C@@H]76)[C@@H]3O[C@H]31)[C@@H]24. The number of benzene rings is 2. The molecule has 2 saturated carbocycles. The monoisotopic (exact) mass is 702 g/mol. The average Bonchev–Trinajstić information content (AvgIpc) is 3.41. The van der Waals surface area contributed by atoms with Crippen LogP contribution in [0.25, 0.3) is 0 Å². The molecule has 12 rings (SSSR count). The third-order valence-electron chi connectivity index (χ3n) is 16.9. The summed E-state index contributed by atoms with van der Waals surface area (Å²) in [4.78, 5) is 33.3. The molecule has 6 fully saturated rings. The smallest absolute Gasteiger partial charge is 0.335 e. The summed E-state index contributed by atoms with van der Waals surface area (Å²) in [5, 5.41) is 20.2. The van der Waals surface area contributed by atoms with Crippen molar-refractivity contribution in [3.63, 3.8) is 0 Å². The van der Waals surface area contributed by atoms with Gasteiger partial charge in [0.25, 0.3) is 0 Å². The van der Waals surface area contributed by atoms with E-state index in [-0.39, 0.29) is 64.4 Å². The van der Waals surface area contributed by atoms with Crippen molar-refractivity contribution in [1.82, 2.24) is 9.80 Å². The van der Waals surface area contributed by atoms with Gasteiger partial charge in [-0.15, -0.1) is 0 Å². The lowest BCUT2D eigenvalue weighted by Gasteiger charge is -2.63. The number of nitrogens with one attached hydrogen (secondary N) is 2. The van der Waals surface area contributed by atoms with Crippen LogP contribution >= 0.6 is 0 Å². The molecular formula is C42H46N4O6. The van der Waals surface area contributed by atoms with Crippen molar-refractivity contribution in [3.8, 4) is 0 Å². The first-order chi connectivity index (χ1) is 25.1. The number of rotatable bonds is 4. The Hall–Kier alpha value is -3.70. The van der Waals surface area contributed by atoms with E-state index in [0.29, 0.717) is 12.8 Å². The molecule has 10 nitrogen and oxygen atoms in total. The third-order valence-corrected chi connectivity index (χ3v) is 16.9. The molecule has 4 saturated heterocycles. The van der Waals surface area contributed by atoms with Crippen molar-refractivity contribution >= 4 is 23.3 Å². The second kappa shape index (κ2) is 9.14. The van der Waals surface area contributed by atoms with Crippen LogP contribution in [-0.2, 0) is 34.6 Å². The number of hydrogen-bond donors (Lipinski definition) is 3. The van der Waals surface area contributed by atoms with Crippen molar-refractivity contribution in [2.24, 2.45) is 22.2 Å². The van der Waals surface area contributed by atoms with Gasteiger partial charge in [-0.05, 0) is 67.5 Å². The highest BCUT2D eigenvalue weighted by Crippen LogP contribution is 2.82. The lowest BCUT2D eigenvalue weighted by molar-refractivity contribution is -0.190. The lowest BCUT2D eigenvalue weighted by Crippen LogP contribution is -2.75. The summed E-state index contributed by atoms with van der Waals surface area (Å²) in [6.07, 6.45) is 8.34. The Kier molecular flexibility index (Phi) is 5.40. The minimum Gasteiger partial charge on any atom is -0.468 e. The van der Waals surface area contributed by atoms with E-state index in [2.05, 4.69) is 88.9 Å². The molecule has 7 heterocycles. The summed E-state index contributed by atoms with van der Waals surface area (Å²) in [6.45, 7) is 6.99. The van der Waals surface area contributed by atoms with Crippen molar-refractivity contribution in [1.29, 1.82) is 0 Å². The van der Waals surface area contributed by atoms with E-state index in [1.165, 1.54) is 25.3 Å². The summed E-state index contributed by atoms with van der Waals surface area (Å²) < 4.78 is 18.0. The lowest BCUT2D eigenvalue weighted by atomic mass is 9.48. The summed E-state index contributed by atoms with van der Waals surface area (Å²) in [6, 6.07) is 15.6. The second-order valence-corrected chi connectivity index (χ2v) is 17.7. The average molecular weight is 703 g/mol. The van der Waals surface area contributed by atoms with Crippen LogP contribution in [0.15, 0.2) is 65.9 Å². The van der Waals surface area contributed by atoms with E-state index in [9.17, 15) is 14.7 Å². The number of ether oxygens (including phenoxy) is 3. The Morgan fingerprint density at radius 2 is 1.88 bits per heavy atom. The van der Waals surface area contributed by atoms with Gasteiger partial charge in [0.1, 0.15) is 11.5 Å². The molecule has 2 aromatic carbocycles. The molecule has 3 spiro atoms. The van der Waals surface area contributed by atoms with E-state index < -0.39 is 16.6 Å². The standard InChI is InChI=1S/C42H46N4O6/c1-5-37-20-24(33(47)50-3)31-39(25-9-6-7-10-27(25)43-31)14-18-46(34(37)39)29(30-32(37)52-30)23-11-12-28-26(19-23)40-15-17-45-16-8-13-38(35(40)45)21-41(40,36(48)51-4)42(49,44-28)22(38)2/h6-13,19,22,29-30,32,34-35,43-44,49H,5,14-18,20-21H2,1-4H3/t22-,29-,30+,32-,34+,35-,37+,38+,39-,40-,41-,42-/m1/s1.